The molecule has 0 saturated carbocycles. The minimum absolute atomic E-state index is 0.00901. The molecule has 2 aromatic heterocycles. The number of carbonyl (C=O) groups is 4. The van der Waals surface area contributed by atoms with Gasteiger partial charge in [-0.2, -0.15) is 4.31 Å². The maximum Gasteiger partial charge on any atom is 0.310 e. The predicted molar refractivity (Wildman–Crippen MR) is 147 cm³/mol. The van der Waals surface area contributed by atoms with Crippen LogP contribution < -0.4 is 10.1 Å². The molecule has 0 radical (unpaired) electrons. The second-order valence-electron chi connectivity index (χ2n) is 10.5. The Hall–Kier alpha value is -4.10. The standard InChI is InChI=1S/C28H30N4O8S/c1-16(2)12-20(30-26(34)24-14-17-13-18(39-3)7-8-23(17)40-24)27(35)31-11-9-21-25(31)22(33)15-32(21)41(37,38)28(36)19-6-4-5-10-29-19/h4-8,10,13-14,16,20-21,25H,9,11-12,15H2,1-3H3,(H,30,34). The Morgan fingerprint density at radius 1 is 1.17 bits per heavy atom. The number of hydrogen-bond donors (Lipinski definition) is 1. The molecule has 2 aliphatic heterocycles. The van der Waals surface area contributed by atoms with Crippen molar-refractivity contribution < 1.29 is 36.7 Å². The average Bonchev–Trinajstić information content (AvgIpc) is 3.67. The molecule has 2 fully saturated rings. The number of rotatable bonds is 8. The largest absolute Gasteiger partial charge is 0.497 e. The van der Waals surface area contributed by atoms with Crippen LogP contribution in [0.1, 0.15) is 47.7 Å². The van der Waals surface area contributed by atoms with Gasteiger partial charge in [-0.15, -0.1) is 0 Å². The number of Topliss-reactive ketones (excluding diaryl/α,β-unsaturated/α-hetero) is 1. The fourth-order valence-corrected chi connectivity index (χ4v) is 6.92. The highest BCUT2D eigenvalue weighted by Gasteiger charge is 2.55. The summed E-state index contributed by atoms with van der Waals surface area (Å²) in [6.45, 7) is 3.36. The number of sulfonamides is 1. The summed E-state index contributed by atoms with van der Waals surface area (Å²) in [5.74, 6) is -0.968. The number of fused-ring (bicyclic) bond motifs is 2. The van der Waals surface area contributed by atoms with Gasteiger partial charge in [0.25, 0.3) is 15.9 Å². The van der Waals surface area contributed by atoms with Gasteiger partial charge in [-0.05, 0) is 55.2 Å². The number of furan rings is 1. The minimum atomic E-state index is -4.56. The van der Waals surface area contributed by atoms with E-state index in [0.717, 1.165) is 4.31 Å². The van der Waals surface area contributed by atoms with E-state index in [1.807, 2.05) is 13.8 Å². The van der Waals surface area contributed by atoms with Crippen LogP contribution in [-0.2, 0) is 19.6 Å². The van der Waals surface area contributed by atoms with E-state index in [1.54, 1.807) is 30.3 Å². The molecule has 216 valence electrons. The van der Waals surface area contributed by atoms with Crippen molar-refractivity contribution in [3.63, 3.8) is 0 Å². The van der Waals surface area contributed by atoms with E-state index in [9.17, 15) is 27.6 Å². The third-order valence-electron chi connectivity index (χ3n) is 7.34. The zero-order valence-electron chi connectivity index (χ0n) is 22.8. The summed E-state index contributed by atoms with van der Waals surface area (Å²) in [7, 11) is -3.03. The first kappa shape index (κ1) is 28.4. The third kappa shape index (κ3) is 5.34. The fraction of sp³-hybridized carbons (Fsp3) is 0.393. The van der Waals surface area contributed by atoms with Gasteiger partial charge in [0.05, 0.1) is 19.7 Å². The Kier molecular flexibility index (Phi) is 7.66. The number of pyridine rings is 1. The molecule has 0 bridgehead atoms. The van der Waals surface area contributed by atoms with E-state index in [4.69, 9.17) is 9.15 Å². The van der Waals surface area contributed by atoms with Crippen molar-refractivity contribution in [2.45, 2.75) is 44.8 Å². The lowest BCUT2D eigenvalue weighted by Gasteiger charge is -2.28. The van der Waals surface area contributed by atoms with E-state index in [2.05, 4.69) is 10.3 Å². The highest BCUT2D eigenvalue weighted by atomic mass is 32.2. The second kappa shape index (κ2) is 11.1. The summed E-state index contributed by atoms with van der Waals surface area (Å²) < 4.78 is 38.2. The van der Waals surface area contributed by atoms with Crippen LogP contribution in [0.4, 0.5) is 0 Å². The Balaban J connectivity index is 1.35. The Bertz CT molecular complexity index is 1620. The van der Waals surface area contributed by atoms with Gasteiger partial charge in [0.1, 0.15) is 29.1 Å². The molecule has 1 aromatic carbocycles. The summed E-state index contributed by atoms with van der Waals surface area (Å²) in [6.07, 6.45) is 1.76. The van der Waals surface area contributed by atoms with Crippen LogP contribution in [0.25, 0.3) is 11.0 Å². The molecule has 0 spiro atoms. The summed E-state index contributed by atoms with van der Waals surface area (Å²) in [5.41, 5.74) is 0.223. The topological polar surface area (TPSA) is 156 Å². The molecule has 2 saturated heterocycles. The van der Waals surface area contributed by atoms with Crippen molar-refractivity contribution in [3.8, 4) is 5.75 Å². The normalized spacial score (nSPS) is 19.9. The summed E-state index contributed by atoms with van der Waals surface area (Å²) in [5, 5.41) is 2.20. The monoisotopic (exact) mass is 582 g/mol. The van der Waals surface area contributed by atoms with Crippen molar-refractivity contribution in [1.29, 1.82) is 0 Å². The molecule has 13 heteroatoms. The number of aromatic nitrogens is 1. The molecule has 1 N–H and O–H groups in total. The highest BCUT2D eigenvalue weighted by molar-refractivity contribution is 8.04. The zero-order chi connectivity index (χ0) is 29.5. The fourth-order valence-electron chi connectivity index (χ4n) is 5.45. The average molecular weight is 583 g/mol. The predicted octanol–water partition coefficient (Wildman–Crippen LogP) is 2.01. The maximum absolute atomic E-state index is 13.8. The van der Waals surface area contributed by atoms with Crippen LogP contribution in [0.3, 0.4) is 0 Å². The summed E-state index contributed by atoms with van der Waals surface area (Å²) in [4.78, 5) is 58.0. The van der Waals surface area contributed by atoms with Gasteiger partial charge in [-0.3, -0.25) is 24.2 Å². The zero-order valence-corrected chi connectivity index (χ0v) is 23.6. The van der Waals surface area contributed by atoms with Crippen molar-refractivity contribution in [3.05, 3.63) is 60.1 Å². The minimum Gasteiger partial charge on any atom is -0.497 e. The first-order valence-electron chi connectivity index (χ1n) is 13.2. The molecule has 3 atom stereocenters. The lowest BCUT2D eigenvalue weighted by atomic mass is 10.0. The molecule has 5 rings (SSSR count). The molecule has 3 aromatic rings. The number of nitrogens with zero attached hydrogens (tertiary/aromatic N) is 3. The van der Waals surface area contributed by atoms with Gasteiger partial charge >= 0.3 is 5.12 Å². The molecule has 3 unspecified atom stereocenters. The van der Waals surface area contributed by atoms with Gasteiger partial charge in [-0.25, -0.2) is 8.42 Å². The third-order valence-corrected chi connectivity index (χ3v) is 9.03. The van der Waals surface area contributed by atoms with Gasteiger partial charge in [-0.1, -0.05) is 19.9 Å². The van der Waals surface area contributed by atoms with Crippen LogP contribution in [-0.4, -0.2) is 83.6 Å². The number of methoxy groups -OCH3 is 1. The first-order valence-corrected chi connectivity index (χ1v) is 14.6. The first-order chi connectivity index (χ1) is 19.5. The number of likely N-dealkylation sites (tertiary alicyclic amines) is 1. The number of amides is 2. The van der Waals surface area contributed by atoms with Gasteiger partial charge in [0.2, 0.25) is 5.91 Å². The van der Waals surface area contributed by atoms with E-state index in [-0.39, 0.29) is 36.8 Å². The molecule has 12 nitrogen and oxygen atoms in total. The number of hydrogen-bond acceptors (Lipinski definition) is 9. The van der Waals surface area contributed by atoms with Crippen LogP contribution >= 0.6 is 0 Å². The highest BCUT2D eigenvalue weighted by Crippen LogP contribution is 2.33. The van der Waals surface area contributed by atoms with Crippen LogP contribution in [0.15, 0.2) is 53.1 Å². The number of nitrogens with one attached hydrogen (secondary N) is 1. The molecule has 4 heterocycles. The Morgan fingerprint density at radius 2 is 1.95 bits per heavy atom. The van der Waals surface area contributed by atoms with Gasteiger partial charge in [0.15, 0.2) is 11.5 Å². The van der Waals surface area contributed by atoms with E-state index >= 15 is 0 Å². The maximum atomic E-state index is 13.8. The Labute approximate surface area is 236 Å². The van der Waals surface area contributed by atoms with E-state index < -0.39 is 57.4 Å². The summed E-state index contributed by atoms with van der Waals surface area (Å²) >= 11 is 0. The lowest BCUT2D eigenvalue weighted by molar-refractivity contribution is -0.138. The Morgan fingerprint density at radius 3 is 2.63 bits per heavy atom. The number of carbonyl (C=O) groups excluding carboxylic acids is 4. The SMILES string of the molecule is COc1ccc2oc(C(=O)NC(CC(C)C)C(=O)N3CCC4C3C(=O)CN4S(=O)(=O)C(=O)c3ccccn3)cc2c1. The van der Waals surface area contributed by atoms with E-state index in [1.165, 1.54) is 30.3 Å². The molecule has 2 amide bonds. The van der Waals surface area contributed by atoms with Crippen molar-refractivity contribution in [2.75, 3.05) is 20.2 Å². The van der Waals surface area contributed by atoms with Crippen LogP contribution in [0, 0.1) is 5.92 Å². The van der Waals surface area contributed by atoms with E-state index in [0.29, 0.717) is 16.7 Å². The number of benzene rings is 1. The van der Waals surface area contributed by atoms with Gasteiger partial charge < -0.3 is 19.4 Å². The molecule has 0 aliphatic carbocycles. The van der Waals surface area contributed by atoms with Gasteiger partial charge in [0, 0.05) is 18.1 Å². The smallest absolute Gasteiger partial charge is 0.310 e. The van der Waals surface area contributed by atoms with Crippen LogP contribution in [0.5, 0.6) is 5.75 Å². The molecule has 2 aliphatic rings. The number of ether oxygens (including phenoxy) is 1. The second-order valence-corrected chi connectivity index (χ2v) is 12.3. The lowest BCUT2D eigenvalue weighted by Crippen LogP contribution is -2.53. The molecular formula is C28H30N4O8S. The molecular weight excluding hydrogens is 552 g/mol. The molecule has 41 heavy (non-hydrogen) atoms. The number of ketones is 1. The summed E-state index contributed by atoms with van der Waals surface area (Å²) in [6, 6.07) is 8.06. The van der Waals surface area contributed by atoms with Crippen molar-refractivity contribution >= 4 is 43.7 Å². The quantitative estimate of drug-likeness (QED) is 0.420. The van der Waals surface area contributed by atoms with Crippen molar-refractivity contribution in [1.82, 2.24) is 19.5 Å². The van der Waals surface area contributed by atoms with Crippen LogP contribution in [0.2, 0.25) is 0 Å². The van der Waals surface area contributed by atoms with Crippen molar-refractivity contribution in [2.24, 2.45) is 5.92 Å².